The minimum absolute atomic E-state index is 0.00474. The highest BCUT2D eigenvalue weighted by Crippen LogP contribution is 2.29. The number of carbonyl (C=O) groups is 1. The van der Waals surface area contributed by atoms with Crippen molar-refractivity contribution in [3.05, 3.63) is 101 Å². The maximum Gasteiger partial charge on any atom is 0.194 e. The van der Waals surface area contributed by atoms with Gasteiger partial charge < -0.3 is 5.11 Å². The van der Waals surface area contributed by atoms with E-state index in [-0.39, 0.29) is 12.4 Å². The monoisotopic (exact) mass is 424 g/mol. The molecule has 0 spiro atoms. The van der Waals surface area contributed by atoms with E-state index in [9.17, 15) is 9.90 Å². The Balaban J connectivity index is 1.54. The predicted molar refractivity (Wildman–Crippen MR) is 126 cm³/mol. The second-order valence-corrected chi connectivity index (χ2v) is 8.67. The van der Waals surface area contributed by atoms with Crippen molar-refractivity contribution in [3.63, 3.8) is 0 Å². The largest absolute Gasteiger partial charge is 0.392 e. The summed E-state index contributed by atoms with van der Waals surface area (Å²) < 4.78 is 2.03. The Morgan fingerprint density at radius 1 is 1.06 bits per heavy atom. The predicted octanol–water partition coefficient (Wildman–Crippen LogP) is 5.91. The first-order valence-corrected chi connectivity index (χ1v) is 10.8. The molecule has 2 aromatic heterocycles. The lowest BCUT2D eigenvalue weighted by Gasteiger charge is -2.03. The SMILES string of the molecule is Cc1cn2c(/C=C/C(=O)c3ccc4ccccc4c3)c(-c3ccc(CO)cc3)nc2s1. The number of benzene rings is 3. The van der Waals surface area contributed by atoms with Crippen molar-refractivity contribution in [2.45, 2.75) is 13.5 Å². The van der Waals surface area contributed by atoms with Crippen LogP contribution in [0.1, 0.15) is 26.5 Å². The molecule has 152 valence electrons. The van der Waals surface area contributed by atoms with E-state index in [2.05, 4.69) is 0 Å². The molecule has 31 heavy (non-hydrogen) atoms. The number of hydrogen-bond acceptors (Lipinski definition) is 4. The van der Waals surface area contributed by atoms with Crippen LogP contribution in [-0.2, 0) is 6.61 Å². The van der Waals surface area contributed by atoms with Gasteiger partial charge in [-0.2, -0.15) is 0 Å². The van der Waals surface area contributed by atoms with Gasteiger partial charge in [-0.3, -0.25) is 9.20 Å². The number of carbonyl (C=O) groups excluding carboxylic acids is 1. The molecule has 0 radical (unpaired) electrons. The number of aliphatic hydroxyl groups excluding tert-OH is 1. The normalized spacial score (nSPS) is 11.7. The standard InChI is InChI=1S/C26H20N2O2S/c1-17-15-28-23(25(27-26(28)31-17)20-8-6-18(16-29)7-9-20)12-13-24(30)22-11-10-19-4-2-3-5-21(19)14-22/h2-15,29H,16H2,1H3/b13-12+. The molecule has 0 aliphatic heterocycles. The molecule has 5 heteroatoms. The maximum atomic E-state index is 12.9. The van der Waals surface area contributed by atoms with Gasteiger partial charge in [0, 0.05) is 22.2 Å². The first-order chi connectivity index (χ1) is 15.1. The molecule has 0 saturated carbocycles. The molecule has 0 aliphatic rings. The Hall–Kier alpha value is -3.54. The molecular formula is C26H20N2O2S. The smallest absolute Gasteiger partial charge is 0.194 e. The number of thiazole rings is 1. The Labute approximate surface area is 183 Å². The number of hydrogen-bond donors (Lipinski definition) is 1. The molecule has 0 fully saturated rings. The molecule has 4 nitrogen and oxygen atoms in total. The van der Waals surface area contributed by atoms with Crippen LogP contribution in [0.3, 0.4) is 0 Å². The first-order valence-electron chi connectivity index (χ1n) is 10.0. The molecule has 1 N–H and O–H groups in total. The van der Waals surface area contributed by atoms with E-state index in [0.29, 0.717) is 5.56 Å². The van der Waals surface area contributed by atoms with Crippen molar-refractivity contribution in [1.82, 2.24) is 9.38 Å². The fourth-order valence-electron chi connectivity index (χ4n) is 3.71. The molecule has 0 amide bonds. The van der Waals surface area contributed by atoms with Crippen molar-refractivity contribution in [2.24, 2.45) is 0 Å². The van der Waals surface area contributed by atoms with Crippen molar-refractivity contribution >= 4 is 38.9 Å². The van der Waals surface area contributed by atoms with E-state index in [0.717, 1.165) is 43.1 Å². The Morgan fingerprint density at radius 3 is 2.61 bits per heavy atom. The molecule has 0 saturated heterocycles. The van der Waals surface area contributed by atoms with Gasteiger partial charge in [0.05, 0.1) is 18.0 Å². The number of nitrogens with zero attached hydrogens (tertiary/aromatic N) is 2. The third-order valence-corrected chi connectivity index (χ3v) is 6.21. The zero-order chi connectivity index (χ0) is 21.4. The molecule has 5 aromatic rings. The quantitative estimate of drug-likeness (QED) is 0.282. The van der Waals surface area contributed by atoms with Crippen LogP contribution in [-0.4, -0.2) is 20.3 Å². The number of aliphatic hydroxyl groups is 1. The summed E-state index contributed by atoms with van der Waals surface area (Å²) in [5.74, 6) is -0.0470. The number of ketones is 1. The first kappa shape index (κ1) is 19.4. The van der Waals surface area contributed by atoms with Gasteiger partial charge >= 0.3 is 0 Å². The zero-order valence-corrected chi connectivity index (χ0v) is 17.8. The lowest BCUT2D eigenvalue weighted by atomic mass is 10.0. The van der Waals surface area contributed by atoms with Crippen LogP contribution in [0.25, 0.3) is 33.1 Å². The van der Waals surface area contributed by atoms with Crippen LogP contribution in [0.5, 0.6) is 0 Å². The second-order valence-electron chi connectivity index (χ2n) is 7.45. The van der Waals surface area contributed by atoms with Crippen LogP contribution >= 0.6 is 11.3 Å². The topological polar surface area (TPSA) is 54.6 Å². The highest BCUT2D eigenvalue weighted by Gasteiger charge is 2.15. The molecule has 3 aromatic carbocycles. The Morgan fingerprint density at radius 2 is 1.84 bits per heavy atom. The summed E-state index contributed by atoms with van der Waals surface area (Å²) in [6.45, 7) is 2.05. The highest BCUT2D eigenvalue weighted by molar-refractivity contribution is 7.17. The van der Waals surface area contributed by atoms with Crippen molar-refractivity contribution in [2.75, 3.05) is 0 Å². The lowest BCUT2D eigenvalue weighted by molar-refractivity contribution is 0.104. The molecule has 2 heterocycles. The van der Waals surface area contributed by atoms with E-state index in [1.165, 1.54) is 0 Å². The molecule has 0 aliphatic carbocycles. The van der Waals surface area contributed by atoms with Crippen LogP contribution in [0.15, 0.2) is 79.0 Å². The van der Waals surface area contributed by atoms with E-state index >= 15 is 0 Å². The van der Waals surface area contributed by atoms with E-state index in [1.54, 1.807) is 17.4 Å². The van der Waals surface area contributed by atoms with Gasteiger partial charge in [0.1, 0.15) is 0 Å². The number of aryl methyl sites for hydroxylation is 1. The van der Waals surface area contributed by atoms with Crippen LogP contribution in [0, 0.1) is 6.92 Å². The fraction of sp³-hybridized carbons (Fsp3) is 0.0769. The van der Waals surface area contributed by atoms with E-state index in [4.69, 9.17) is 4.98 Å². The van der Waals surface area contributed by atoms with Crippen LogP contribution in [0.4, 0.5) is 0 Å². The molecule has 0 bridgehead atoms. The number of fused-ring (bicyclic) bond motifs is 2. The summed E-state index contributed by atoms with van der Waals surface area (Å²) in [7, 11) is 0. The zero-order valence-electron chi connectivity index (χ0n) is 16.9. The summed E-state index contributed by atoms with van der Waals surface area (Å²) >= 11 is 1.61. The van der Waals surface area contributed by atoms with Gasteiger partial charge in [-0.15, -0.1) is 11.3 Å². The van der Waals surface area contributed by atoms with Crippen LogP contribution in [0.2, 0.25) is 0 Å². The Bertz CT molecular complexity index is 1440. The van der Waals surface area contributed by atoms with E-state index in [1.807, 2.05) is 90.3 Å². The summed E-state index contributed by atoms with van der Waals surface area (Å²) in [4.78, 5) is 19.8. The molecule has 5 rings (SSSR count). The van der Waals surface area contributed by atoms with Gasteiger partial charge in [-0.25, -0.2) is 4.98 Å². The van der Waals surface area contributed by atoms with Gasteiger partial charge in [0.15, 0.2) is 10.7 Å². The summed E-state index contributed by atoms with van der Waals surface area (Å²) in [5, 5.41) is 11.5. The number of rotatable bonds is 5. The third-order valence-electron chi connectivity index (χ3n) is 5.32. The van der Waals surface area contributed by atoms with Crippen molar-refractivity contribution in [1.29, 1.82) is 0 Å². The minimum Gasteiger partial charge on any atom is -0.392 e. The average molecular weight is 425 g/mol. The average Bonchev–Trinajstić information content (AvgIpc) is 3.33. The van der Waals surface area contributed by atoms with Gasteiger partial charge in [0.2, 0.25) is 0 Å². The summed E-state index contributed by atoms with van der Waals surface area (Å²) in [6.07, 6.45) is 5.50. The molecular weight excluding hydrogens is 404 g/mol. The molecule has 0 unspecified atom stereocenters. The molecule has 0 atom stereocenters. The number of allylic oxidation sites excluding steroid dienone is 1. The van der Waals surface area contributed by atoms with Crippen LogP contribution < -0.4 is 0 Å². The van der Waals surface area contributed by atoms with Crippen molar-refractivity contribution in [3.8, 4) is 11.3 Å². The minimum atomic E-state index is -0.0470. The summed E-state index contributed by atoms with van der Waals surface area (Å²) in [5.41, 5.74) is 4.14. The number of imidazole rings is 1. The lowest BCUT2D eigenvalue weighted by Crippen LogP contribution is -1.95. The maximum absolute atomic E-state index is 12.9. The van der Waals surface area contributed by atoms with Crippen molar-refractivity contribution < 1.29 is 9.90 Å². The van der Waals surface area contributed by atoms with Gasteiger partial charge in [-0.1, -0.05) is 60.7 Å². The fourth-order valence-corrected chi connectivity index (χ4v) is 4.54. The number of aromatic nitrogens is 2. The van der Waals surface area contributed by atoms with E-state index < -0.39 is 0 Å². The third kappa shape index (κ3) is 3.69. The Kier molecular flexibility index (Phi) is 4.98. The second kappa shape index (κ2) is 7.95. The van der Waals surface area contributed by atoms with Gasteiger partial charge in [0.25, 0.3) is 0 Å². The van der Waals surface area contributed by atoms with Gasteiger partial charge in [-0.05, 0) is 41.5 Å². The summed E-state index contributed by atoms with van der Waals surface area (Å²) in [6, 6.07) is 21.5. The highest BCUT2D eigenvalue weighted by atomic mass is 32.1.